The van der Waals surface area contributed by atoms with E-state index in [0.717, 1.165) is 24.8 Å². The zero-order valence-electron chi connectivity index (χ0n) is 21.4. The number of hydrogen-bond donors (Lipinski definition) is 1. The summed E-state index contributed by atoms with van der Waals surface area (Å²) in [5, 5.41) is 9.38. The average Bonchev–Trinajstić information content (AvgIpc) is 3.28. The minimum atomic E-state index is -1.18. The first-order chi connectivity index (χ1) is 19.8. The Labute approximate surface area is 231 Å². The van der Waals surface area contributed by atoms with Gasteiger partial charge >= 0.3 is 5.97 Å². The quantitative estimate of drug-likeness (QED) is 0.269. The number of carboxylic acids is 1. The molecule has 0 radical (unpaired) electrons. The van der Waals surface area contributed by atoms with Crippen molar-refractivity contribution in [3.8, 4) is 17.1 Å². The van der Waals surface area contributed by atoms with Gasteiger partial charge in [0.25, 0.3) is 0 Å². The monoisotopic (exact) mass is 561 g/mol. The van der Waals surface area contributed by atoms with E-state index < -0.39 is 23.4 Å². The number of ether oxygens (including phenoxy) is 2. The number of rotatable bonds is 9. The van der Waals surface area contributed by atoms with Crippen LogP contribution in [0.3, 0.4) is 0 Å². The first-order valence-electron chi connectivity index (χ1n) is 12.7. The summed E-state index contributed by atoms with van der Waals surface area (Å²) < 4.78 is 56.6. The predicted molar refractivity (Wildman–Crippen MR) is 140 cm³/mol. The van der Waals surface area contributed by atoms with Crippen LogP contribution in [-0.4, -0.2) is 48.3 Å². The molecule has 9 nitrogen and oxygen atoms in total. The van der Waals surface area contributed by atoms with Crippen molar-refractivity contribution in [3.63, 3.8) is 0 Å². The van der Waals surface area contributed by atoms with Crippen LogP contribution in [0.15, 0.2) is 60.8 Å². The molecule has 1 aliphatic rings. The molecule has 1 aromatic carbocycles. The molecule has 1 aliphatic heterocycles. The maximum atomic E-state index is 15.4. The number of carbonyl (C=O) groups is 1. The van der Waals surface area contributed by atoms with E-state index >= 15 is 8.78 Å². The second-order valence-electron chi connectivity index (χ2n) is 9.48. The highest BCUT2D eigenvalue weighted by Gasteiger charge is 2.24. The van der Waals surface area contributed by atoms with Gasteiger partial charge in [0.05, 0.1) is 30.2 Å². The highest BCUT2D eigenvalue weighted by molar-refractivity contribution is 5.88. The number of carboxylic acid groups (broad SMARTS) is 1. The largest absolute Gasteiger partial charge is 0.477 e. The fraction of sp³-hybridized carbons (Fsp3) is 0.207. The number of imidazole rings is 1. The third kappa shape index (κ3) is 5.59. The molecule has 0 spiro atoms. The smallest absolute Gasteiger partial charge is 0.354 e. The van der Waals surface area contributed by atoms with E-state index in [1.54, 1.807) is 22.8 Å². The van der Waals surface area contributed by atoms with E-state index in [4.69, 9.17) is 9.47 Å². The molecular weight excluding hydrogens is 539 g/mol. The molecule has 41 heavy (non-hydrogen) atoms. The number of nitrogens with zero attached hydrogens (tertiary/aromatic N) is 5. The summed E-state index contributed by atoms with van der Waals surface area (Å²) >= 11 is 0. The van der Waals surface area contributed by atoms with Gasteiger partial charge in [-0.25, -0.2) is 32.9 Å². The van der Waals surface area contributed by atoms with Crippen molar-refractivity contribution in [2.75, 3.05) is 6.61 Å². The van der Waals surface area contributed by atoms with E-state index in [9.17, 15) is 14.3 Å². The summed E-state index contributed by atoms with van der Waals surface area (Å²) in [6.07, 6.45) is 1.72. The van der Waals surface area contributed by atoms with E-state index in [-0.39, 0.29) is 47.5 Å². The van der Waals surface area contributed by atoms with Crippen molar-refractivity contribution in [2.24, 2.45) is 0 Å². The van der Waals surface area contributed by atoms with E-state index in [2.05, 4.69) is 19.9 Å². The Bertz CT molecular complexity index is 1760. The Morgan fingerprint density at radius 3 is 2.63 bits per heavy atom. The van der Waals surface area contributed by atoms with Crippen molar-refractivity contribution in [3.05, 3.63) is 101 Å². The van der Waals surface area contributed by atoms with Crippen LogP contribution in [0.4, 0.5) is 13.2 Å². The SMILES string of the molecule is O=C(O)c1ccc2nc(Cc3cc(F)c(-c4cccc(OCc5ccc(F)cn5)n4)cc3F)n(CC3CCO3)c2n1. The minimum absolute atomic E-state index is 0.0161. The topological polar surface area (TPSA) is 112 Å². The lowest BCUT2D eigenvalue weighted by Crippen LogP contribution is -2.32. The maximum Gasteiger partial charge on any atom is 0.354 e. The predicted octanol–water partition coefficient (Wildman–Crippen LogP) is 4.96. The molecule has 1 saturated heterocycles. The molecule has 5 heterocycles. The van der Waals surface area contributed by atoms with Crippen LogP contribution in [-0.2, 0) is 24.3 Å². The van der Waals surface area contributed by atoms with Gasteiger partial charge in [0.1, 0.15) is 35.4 Å². The Kier molecular flexibility index (Phi) is 7.06. The molecular formula is C29H22F3N5O4. The van der Waals surface area contributed by atoms with Crippen LogP contribution in [0.25, 0.3) is 22.4 Å². The van der Waals surface area contributed by atoms with E-state index in [1.165, 1.54) is 24.3 Å². The number of aromatic nitrogens is 5. The zero-order valence-corrected chi connectivity index (χ0v) is 21.4. The van der Waals surface area contributed by atoms with Crippen molar-refractivity contribution >= 4 is 17.1 Å². The van der Waals surface area contributed by atoms with Crippen LogP contribution < -0.4 is 4.74 Å². The van der Waals surface area contributed by atoms with Gasteiger partial charge < -0.3 is 19.1 Å². The Morgan fingerprint density at radius 2 is 1.90 bits per heavy atom. The number of benzene rings is 1. The van der Waals surface area contributed by atoms with Crippen LogP contribution in [0.5, 0.6) is 5.88 Å². The number of halogens is 3. The molecule has 0 saturated carbocycles. The lowest BCUT2D eigenvalue weighted by atomic mass is 10.0. The average molecular weight is 562 g/mol. The molecule has 1 atom stereocenters. The highest BCUT2D eigenvalue weighted by Crippen LogP contribution is 2.28. The first kappa shape index (κ1) is 26.4. The van der Waals surface area contributed by atoms with Gasteiger partial charge in [-0.15, -0.1) is 0 Å². The lowest BCUT2D eigenvalue weighted by Gasteiger charge is -2.27. The Balaban J connectivity index is 1.27. The van der Waals surface area contributed by atoms with Gasteiger partial charge in [0, 0.05) is 24.7 Å². The molecule has 1 fully saturated rings. The zero-order chi connectivity index (χ0) is 28.5. The van der Waals surface area contributed by atoms with Crippen molar-refractivity contribution in [2.45, 2.75) is 32.1 Å². The molecule has 6 rings (SSSR count). The van der Waals surface area contributed by atoms with Crippen molar-refractivity contribution in [1.82, 2.24) is 24.5 Å². The number of pyridine rings is 3. The summed E-state index contributed by atoms with van der Waals surface area (Å²) in [4.78, 5) is 28.4. The van der Waals surface area contributed by atoms with Gasteiger partial charge in [-0.05, 0) is 54.4 Å². The van der Waals surface area contributed by atoms with E-state index in [0.29, 0.717) is 35.8 Å². The second kappa shape index (κ2) is 11.0. The molecule has 12 heteroatoms. The standard InChI is InChI=1S/C29H22F3N5O4/c30-17-4-5-18(33-13-17)15-41-27-3-1-2-23(35-27)20-12-21(31)16(10-22(20)32)11-26-34-24-6-7-25(29(38)39)36-28(24)37(26)14-19-8-9-40-19/h1-7,10,12-13,19H,8-9,11,14-15H2,(H,38,39). The summed E-state index contributed by atoms with van der Waals surface area (Å²) in [7, 11) is 0. The number of fused-ring (bicyclic) bond motifs is 1. The molecule has 1 unspecified atom stereocenters. The van der Waals surface area contributed by atoms with Gasteiger partial charge in [-0.2, -0.15) is 0 Å². The van der Waals surface area contributed by atoms with Crippen molar-refractivity contribution in [1.29, 1.82) is 0 Å². The molecule has 208 valence electrons. The van der Waals surface area contributed by atoms with Gasteiger partial charge in [0.15, 0.2) is 11.3 Å². The molecule has 0 aliphatic carbocycles. The Morgan fingerprint density at radius 1 is 1.05 bits per heavy atom. The van der Waals surface area contributed by atoms with Gasteiger partial charge in [-0.1, -0.05) is 6.07 Å². The van der Waals surface area contributed by atoms with Gasteiger partial charge in [-0.3, -0.25) is 4.98 Å². The summed E-state index contributed by atoms with van der Waals surface area (Å²) in [5.41, 5.74) is 1.28. The summed E-state index contributed by atoms with van der Waals surface area (Å²) in [6, 6.07) is 12.5. The van der Waals surface area contributed by atoms with E-state index in [1.807, 2.05) is 0 Å². The van der Waals surface area contributed by atoms with Crippen LogP contribution >= 0.6 is 0 Å². The second-order valence-corrected chi connectivity index (χ2v) is 9.48. The summed E-state index contributed by atoms with van der Waals surface area (Å²) in [5.74, 6) is -2.44. The summed E-state index contributed by atoms with van der Waals surface area (Å²) in [6.45, 7) is 0.988. The highest BCUT2D eigenvalue weighted by atomic mass is 19.1. The third-order valence-electron chi connectivity index (χ3n) is 6.71. The lowest BCUT2D eigenvalue weighted by molar-refractivity contribution is -0.0590. The maximum absolute atomic E-state index is 15.4. The Hall–Kier alpha value is -4.84. The van der Waals surface area contributed by atoms with Crippen molar-refractivity contribution < 1.29 is 32.5 Å². The molecule has 0 amide bonds. The molecule has 4 aromatic heterocycles. The number of hydrogen-bond acceptors (Lipinski definition) is 7. The number of aromatic carboxylic acids is 1. The fourth-order valence-corrected chi connectivity index (χ4v) is 4.50. The molecule has 5 aromatic rings. The third-order valence-corrected chi connectivity index (χ3v) is 6.71. The molecule has 0 bridgehead atoms. The van der Waals surface area contributed by atoms with Crippen LogP contribution in [0.1, 0.15) is 34.0 Å². The first-order valence-corrected chi connectivity index (χ1v) is 12.7. The van der Waals surface area contributed by atoms with Crippen LogP contribution in [0, 0.1) is 17.5 Å². The van der Waals surface area contributed by atoms with Gasteiger partial charge in [0.2, 0.25) is 5.88 Å². The fourth-order valence-electron chi connectivity index (χ4n) is 4.50. The molecule has 1 N–H and O–H groups in total. The normalized spacial score (nSPS) is 14.7. The van der Waals surface area contributed by atoms with Crippen LogP contribution in [0.2, 0.25) is 0 Å². The minimum Gasteiger partial charge on any atom is -0.477 e.